The molecule has 11 heavy (non-hydrogen) atoms. The van der Waals surface area contributed by atoms with Gasteiger partial charge < -0.3 is 9.62 Å². The summed E-state index contributed by atoms with van der Waals surface area (Å²) in [5, 5.41) is 11.4. The first kappa shape index (κ1) is 7.78. The van der Waals surface area contributed by atoms with Crippen LogP contribution in [0.5, 0.6) is 0 Å². The second kappa shape index (κ2) is 2.74. The number of aryl methyl sites for hydroxylation is 2. The van der Waals surface area contributed by atoms with Gasteiger partial charge >= 0.3 is 0 Å². The zero-order valence-electron chi connectivity index (χ0n) is 6.75. The van der Waals surface area contributed by atoms with E-state index in [0.717, 1.165) is 5.69 Å². The van der Waals surface area contributed by atoms with Crippen LogP contribution in [0.25, 0.3) is 0 Å². The van der Waals surface area contributed by atoms with Crippen LogP contribution in [-0.4, -0.2) is 15.9 Å². The third-order valence-corrected chi connectivity index (χ3v) is 1.38. The summed E-state index contributed by atoms with van der Waals surface area (Å²) in [6.45, 7) is 5.22. The van der Waals surface area contributed by atoms with Gasteiger partial charge in [-0.25, -0.2) is 4.98 Å². The Morgan fingerprint density at radius 2 is 2.18 bits per heavy atom. The molecule has 1 aromatic heterocycles. The molecule has 4 nitrogen and oxygen atoms in total. The Kier molecular flexibility index (Phi) is 1.94. The molecule has 0 unspecified atom stereocenters. The summed E-state index contributed by atoms with van der Waals surface area (Å²) in [4.78, 5) is 4.02. The van der Waals surface area contributed by atoms with E-state index < -0.39 is 0 Å². The molecular formula is C7H10N2O2. The minimum Gasteiger partial charge on any atom is -0.439 e. The van der Waals surface area contributed by atoms with Crippen LogP contribution in [0.4, 0.5) is 0 Å². The van der Waals surface area contributed by atoms with Crippen molar-refractivity contribution in [2.75, 3.05) is 0 Å². The van der Waals surface area contributed by atoms with Crippen LogP contribution in [0.1, 0.15) is 24.3 Å². The lowest BCUT2D eigenvalue weighted by atomic mass is 10.3. The quantitative estimate of drug-likeness (QED) is 0.378. The Bertz CT molecular complexity index is 289. The highest BCUT2D eigenvalue weighted by atomic mass is 16.4. The number of oxazole rings is 1. The highest BCUT2D eigenvalue weighted by Gasteiger charge is 2.09. The van der Waals surface area contributed by atoms with Gasteiger partial charge in [0.05, 0.1) is 5.69 Å². The third kappa shape index (κ3) is 1.39. The zero-order chi connectivity index (χ0) is 8.43. The van der Waals surface area contributed by atoms with Gasteiger partial charge in [-0.15, -0.1) is 0 Å². The van der Waals surface area contributed by atoms with Crippen molar-refractivity contribution in [1.82, 2.24) is 4.98 Å². The van der Waals surface area contributed by atoms with Gasteiger partial charge in [0, 0.05) is 6.92 Å². The van der Waals surface area contributed by atoms with E-state index in [1.807, 2.05) is 0 Å². The van der Waals surface area contributed by atoms with Crippen LogP contribution in [0.15, 0.2) is 9.57 Å². The standard InChI is InChI=1S/C7H10N2O2/c1-4-7(5(2)9-10)11-6(3)8-4/h10H,1-3H3/b9-5-. The molecule has 0 aliphatic carbocycles. The molecule has 0 saturated carbocycles. The van der Waals surface area contributed by atoms with Crippen molar-refractivity contribution < 1.29 is 9.62 Å². The minimum absolute atomic E-state index is 0.447. The minimum atomic E-state index is 0.447. The normalized spacial score (nSPS) is 12.1. The van der Waals surface area contributed by atoms with Gasteiger partial charge in [-0.05, 0) is 13.8 Å². The van der Waals surface area contributed by atoms with Crippen molar-refractivity contribution in [1.29, 1.82) is 0 Å². The molecule has 0 fully saturated rings. The van der Waals surface area contributed by atoms with Gasteiger partial charge in [0.1, 0.15) is 5.71 Å². The SMILES string of the molecule is C/C(=N/O)c1oc(C)nc1C. The third-order valence-electron chi connectivity index (χ3n) is 1.38. The fourth-order valence-corrected chi connectivity index (χ4v) is 0.912. The average Bonchev–Trinajstić information content (AvgIpc) is 2.28. The summed E-state index contributed by atoms with van der Waals surface area (Å²) in [7, 11) is 0. The van der Waals surface area contributed by atoms with E-state index in [1.165, 1.54) is 0 Å². The molecule has 0 spiro atoms. The second-order valence-electron chi connectivity index (χ2n) is 2.33. The molecule has 0 amide bonds. The van der Waals surface area contributed by atoms with E-state index in [1.54, 1.807) is 20.8 Å². The van der Waals surface area contributed by atoms with Gasteiger partial charge in [-0.1, -0.05) is 5.16 Å². The van der Waals surface area contributed by atoms with Gasteiger partial charge in [-0.3, -0.25) is 0 Å². The Morgan fingerprint density at radius 1 is 1.55 bits per heavy atom. The summed E-state index contributed by atoms with van der Waals surface area (Å²) < 4.78 is 5.17. The van der Waals surface area contributed by atoms with Crippen LogP contribution >= 0.6 is 0 Å². The fraction of sp³-hybridized carbons (Fsp3) is 0.429. The van der Waals surface area contributed by atoms with Crippen molar-refractivity contribution in [3.05, 3.63) is 17.3 Å². The van der Waals surface area contributed by atoms with Crippen LogP contribution in [-0.2, 0) is 0 Å². The van der Waals surface area contributed by atoms with Crippen molar-refractivity contribution in [3.8, 4) is 0 Å². The summed E-state index contributed by atoms with van der Waals surface area (Å²) >= 11 is 0. The van der Waals surface area contributed by atoms with Gasteiger partial charge in [-0.2, -0.15) is 0 Å². The number of rotatable bonds is 1. The summed E-state index contributed by atoms with van der Waals surface area (Å²) in [5.41, 5.74) is 1.20. The van der Waals surface area contributed by atoms with Crippen molar-refractivity contribution >= 4 is 5.71 Å². The van der Waals surface area contributed by atoms with Crippen LogP contribution < -0.4 is 0 Å². The average molecular weight is 154 g/mol. The van der Waals surface area contributed by atoms with Gasteiger partial charge in [0.15, 0.2) is 11.7 Å². The molecule has 0 aliphatic heterocycles. The molecule has 1 heterocycles. The summed E-state index contributed by atoms with van der Waals surface area (Å²) in [6.07, 6.45) is 0. The lowest BCUT2D eigenvalue weighted by Gasteiger charge is -1.90. The number of aromatic nitrogens is 1. The Morgan fingerprint density at radius 3 is 2.55 bits per heavy atom. The van der Waals surface area contributed by atoms with E-state index in [4.69, 9.17) is 9.62 Å². The number of hydrogen-bond acceptors (Lipinski definition) is 4. The largest absolute Gasteiger partial charge is 0.439 e. The first-order chi connectivity index (χ1) is 5.15. The molecule has 0 aromatic carbocycles. The zero-order valence-corrected chi connectivity index (χ0v) is 6.75. The predicted octanol–water partition coefficient (Wildman–Crippen LogP) is 1.49. The maximum Gasteiger partial charge on any atom is 0.192 e. The first-order valence-electron chi connectivity index (χ1n) is 3.28. The van der Waals surface area contributed by atoms with Crippen LogP contribution in [0.3, 0.4) is 0 Å². The molecule has 0 saturated heterocycles. The Hall–Kier alpha value is -1.32. The van der Waals surface area contributed by atoms with E-state index in [0.29, 0.717) is 17.4 Å². The van der Waals surface area contributed by atoms with E-state index >= 15 is 0 Å². The highest BCUT2D eigenvalue weighted by Crippen LogP contribution is 2.09. The first-order valence-corrected chi connectivity index (χ1v) is 3.28. The van der Waals surface area contributed by atoms with Crippen LogP contribution in [0.2, 0.25) is 0 Å². The molecule has 0 bridgehead atoms. The molecule has 4 heteroatoms. The van der Waals surface area contributed by atoms with Crippen molar-refractivity contribution in [2.45, 2.75) is 20.8 Å². The van der Waals surface area contributed by atoms with E-state index in [2.05, 4.69) is 10.1 Å². The second-order valence-corrected chi connectivity index (χ2v) is 2.33. The maximum absolute atomic E-state index is 8.42. The van der Waals surface area contributed by atoms with Crippen molar-refractivity contribution in [2.24, 2.45) is 5.16 Å². The van der Waals surface area contributed by atoms with Gasteiger partial charge in [0.2, 0.25) is 0 Å². The van der Waals surface area contributed by atoms with Crippen LogP contribution in [0, 0.1) is 13.8 Å². The summed E-state index contributed by atoms with van der Waals surface area (Å²) in [6, 6.07) is 0. The molecule has 0 atom stereocenters. The molecule has 0 radical (unpaired) electrons. The summed E-state index contributed by atoms with van der Waals surface area (Å²) in [5.74, 6) is 1.13. The van der Waals surface area contributed by atoms with Gasteiger partial charge in [0.25, 0.3) is 0 Å². The highest BCUT2D eigenvalue weighted by molar-refractivity contribution is 5.96. The molecule has 1 N–H and O–H groups in total. The maximum atomic E-state index is 8.42. The molecule has 1 rings (SSSR count). The molecule has 1 aromatic rings. The monoisotopic (exact) mass is 154 g/mol. The number of hydrogen-bond donors (Lipinski definition) is 1. The van der Waals surface area contributed by atoms with Crippen molar-refractivity contribution in [3.63, 3.8) is 0 Å². The fourth-order valence-electron chi connectivity index (χ4n) is 0.912. The van der Waals surface area contributed by atoms with E-state index in [-0.39, 0.29) is 0 Å². The lowest BCUT2D eigenvalue weighted by molar-refractivity contribution is 0.317. The Balaban J connectivity index is 3.13. The lowest BCUT2D eigenvalue weighted by Crippen LogP contribution is -1.94. The molecule has 0 aliphatic rings. The van der Waals surface area contributed by atoms with E-state index in [9.17, 15) is 0 Å². The smallest absolute Gasteiger partial charge is 0.192 e. The molecule has 60 valence electrons. The number of oxime groups is 1. The molecular weight excluding hydrogens is 144 g/mol. The predicted molar refractivity (Wildman–Crippen MR) is 40.0 cm³/mol. The number of nitrogens with zero attached hydrogens (tertiary/aromatic N) is 2. The Labute approximate surface area is 64.5 Å². The topological polar surface area (TPSA) is 58.6 Å².